The normalized spacial score (nSPS) is 10.4. The van der Waals surface area contributed by atoms with Crippen LogP contribution in [0, 0.1) is 6.92 Å². The van der Waals surface area contributed by atoms with Gasteiger partial charge in [0.1, 0.15) is 5.75 Å². The molecule has 5 nitrogen and oxygen atoms in total. The van der Waals surface area contributed by atoms with E-state index < -0.39 is 5.97 Å². The highest BCUT2D eigenvalue weighted by Crippen LogP contribution is 2.33. The minimum absolute atomic E-state index is 0.188. The molecule has 0 aliphatic heterocycles. The highest BCUT2D eigenvalue weighted by atomic mass is 35.5. The summed E-state index contributed by atoms with van der Waals surface area (Å²) in [6.07, 6.45) is 0. The molecule has 0 bridgehead atoms. The average molecular weight is 423 g/mol. The predicted octanol–water partition coefficient (Wildman–Crippen LogP) is 5.81. The first kappa shape index (κ1) is 21.4. The number of rotatable bonds is 6. The van der Waals surface area contributed by atoms with E-state index in [1.165, 1.54) is 13.8 Å². The third-order valence-electron chi connectivity index (χ3n) is 4.50. The molecule has 2 N–H and O–H groups in total. The van der Waals surface area contributed by atoms with Crippen molar-refractivity contribution in [3.05, 3.63) is 76.8 Å². The molecule has 0 unspecified atom stereocenters. The summed E-state index contributed by atoms with van der Waals surface area (Å²) < 4.78 is 5.22. The lowest BCUT2D eigenvalue weighted by atomic mass is 10.0. The maximum atomic E-state index is 11.6. The van der Waals surface area contributed by atoms with Crippen molar-refractivity contribution in [2.24, 2.45) is 0 Å². The molecule has 0 heterocycles. The van der Waals surface area contributed by atoms with Crippen LogP contribution in [0.1, 0.15) is 25.0 Å². The van der Waals surface area contributed by atoms with Crippen LogP contribution >= 0.6 is 11.6 Å². The van der Waals surface area contributed by atoms with Crippen molar-refractivity contribution in [2.45, 2.75) is 27.3 Å². The van der Waals surface area contributed by atoms with Gasteiger partial charge in [-0.05, 0) is 41.3 Å². The van der Waals surface area contributed by atoms with Gasteiger partial charge >= 0.3 is 5.97 Å². The summed E-state index contributed by atoms with van der Waals surface area (Å²) in [5.41, 5.74) is 5.09. The topological polar surface area (TPSA) is 67.4 Å². The van der Waals surface area contributed by atoms with Crippen LogP contribution in [0.15, 0.2) is 60.7 Å². The van der Waals surface area contributed by atoms with E-state index in [2.05, 4.69) is 10.6 Å². The molecule has 0 saturated carbocycles. The Kier molecular flexibility index (Phi) is 6.75. The van der Waals surface area contributed by atoms with Gasteiger partial charge in [-0.3, -0.25) is 9.59 Å². The molecule has 1 amide bonds. The molecule has 0 fully saturated rings. The monoisotopic (exact) mass is 422 g/mol. The van der Waals surface area contributed by atoms with E-state index in [0.717, 1.165) is 22.3 Å². The number of hydrogen-bond acceptors (Lipinski definition) is 4. The van der Waals surface area contributed by atoms with Crippen molar-refractivity contribution >= 4 is 34.9 Å². The lowest BCUT2D eigenvalue weighted by Gasteiger charge is -2.17. The number of aryl methyl sites for hydroxylation is 1. The van der Waals surface area contributed by atoms with E-state index in [9.17, 15) is 9.59 Å². The van der Waals surface area contributed by atoms with E-state index in [-0.39, 0.29) is 5.91 Å². The number of anilines is 2. The highest BCUT2D eigenvalue weighted by Gasteiger charge is 2.13. The Morgan fingerprint density at radius 2 is 1.70 bits per heavy atom. The Bertz CT molecular complexity index is 1080. The fourth-order valence-corrected chi connectivity index (χ4v) is 3.40. The van der Waals surface area contributed by atoms with Crippen molar-refractivity contribution < 1.29 is 14.3 Å². The predicted molar refractivity (Wildman–Crippen MR) is 121 cm³/mol. The quantitative estimate of drug-likeness (QED) is 0.388. The summed E-state index contributed by atoms with van der Waals surface area (Å²) in [6.45, 7) is 5.06. The Hall–Kier alpha value is -3.31. The lowest BCUT2D eigenvalue weighted by Crippen LogP contribution is -2.12. The summed E-state index contributed by atoms with van der Waals surface area (Å²) in [7, 11) is 0. The van der Waals surface area contributed by atoms with E-state index in [4.69, 9.17) is 16.3 Å². The van der Waals surface area contributed by atoms with Crippen LogP contribution in [0.2, 0.25) is 5.02 Å². The van der Waals surface area contributed by atoms with Gasteiger partial charge in [-0.1, -0.05) is 54.1 Å². The molecule has 6 heteroatoms. The molecule has 3 rings (SSSR count). The second-order valence-electron chi connectivity index (χ2n) is 6.96. The number of halogens is 1. The molecule has 0 aromatic heterocycles. The molecule has 30 heavy (non-hydrogen) atoms. The minimum atomic E-state index is -0.410. The molecule has 0 spiro atoms. The van der Waals surface area contributed by atoms with Crippen molar-refractivity contribution in [3.8, 4) is 16.9 Å². The molecule has 0 aliphatic carbocycles. The van der Waals surface area contributed by atoms with Crippen LogP contribution in [0.3, 0.4) is 0 Å². The lowest BCUT2D eigenvalue weighted by molar-refractivity contribution is -0.131. The molecule has 154 valence electrons. The van der Waals surface area contributed by atoms with Gasteiger partial charge in [0.2, 0.25) is 5.91 Å². The summed E-state index contributed by atoms with van der Waals surface area (Å²) >= 11 is 6.52. The Morgan fingerprint density at radius 1 is 0.967 bits per heavy atom. The zero-order chi connectivity index (χ0) is 21.7. The molecule has 0 radical (unpaired) electrons. The molecule has 3 aromatic rings. The fourth-order valence-electron chi connectivity index (χ4n) is 3.15. The first-order valence-corrected chi connectivity index (χ1v) is 9.89. The first-order chi connectivity index (χ1) is 14.3. The highest BCUT2D eigenvalue weighted by molar-refractivity contribution is 6.31. The van der Waals surface area contributed by atoms with Crippen LogP contribution in [0.25, 0.3) is 11.1 Å². The third-order valence-corrected chi connectivity index (χ3v) is 4.85. The maximum absolute atomic E-state index is 11.6. The van der Waals surface area contributed by atoms with Crippen LogP contribution in [-0.4, -0.2) is 11.9 Å². The van der Waals surface area contributed by atoms with Gasteiger partial charge in [0.05, 0.1) is 11.4 Å². The zero-order valence-electron chi connectivity index (χ0n) is 17.1. The fraction of sp³-hybridized carbons (Fsp3) is 0.167. The van der Waals surface area contributed by atoms with Crippen LogP contribution in [-0.2, 0) is 16.1 Å². The Labute approximate surface area is 181 Å². The van der Waals surface area contributed by atoms with Gasteiger partial charge < -0.3 is 15.4 Å². The molecular formula is C24H23ClN2O3. The van der Waals surface area contributed by atoms with E-state index in [0.29, 0.717) is 28.7 Å². The van der Waals surface area contributed by atoms with Gasteiger partial charge in [0, 0.05) is 31.5 Å². The smallest absolute Gasteiger partial charge is 0.308 e. The molecule has 0 atom stereocenters. The first-order valence-electron chi connectivity index (χ1n) is 9.52. The second-order valence-corrected chi connectivity index (χ2v) is 7.37. The number of carbonyl (C=O) groups excluding carboxylic acids is 2. The van der Waals surface area contributed by atoms with Crippen LogP contribution in [0.4, 0.5) is 11.4 Å². The summed E-state index contributed by atoms with van der Waals surface area (Å²) in [5, 5.41) is 6.76. The minimum Gasteiger partial charge on any atom is -0.427 e. The standard InChI is InChI=1S/C24H23ClN2O3/c1-15-11-21(30-17(3)29)13-23(24(15)27-16(2)28)26-14-20-10-9-19(12-22(20)25)18-7-5-4-6-8-18/h4-13,26H,14H2,1-3H3,(H,27,28). The number of ether oxygens (including phenoxy) is 1. The van der Waals surface area contributed by atoms with Gasteiger partial charge in [-0.25, -0.2) is 0 Å². The van der Waals surface area contributed by atoms with Crippen LogP contribution in [0.5, 0.6) is 5.75 Å². The third kappa shape index (κ3) is 5.39. The number of benzene rings is 3. The number of nitrogens with one attached hydrogen (secondary N) is 2. The average Bonchev–Trinajstić information content (AvgIpc) is 2.69. The molecule has 0 saturated heterocycles. The summed E-state index contributed by atoms with van der Waals surface area (Å²) in [6, 6.07) is 19.3. The SMILES string of the molecule is CC(=O)Nc1c(C)cc(OC(C)=O)cc1NCc1ccc(-c2ccccc2)cc1Cl. The molecule has 0 aliphatic rings. The van der Waals surface area contributed by atoms with Crippen molar-refractivity contribution in [2.75, 3.05) is 10.6 Å². The number of esters is 1. The Balaban J connectivity index is 1.85. The zero-order valence-corrected chi connectivity index (χ0v) is 17.8. The van der Waals surface area contributed by atoms with E-state index in [1.54, 1.807) is 12.1 Å². The van der Waals surface area contributed by atoms with Crippen LogP contribution < -0.4 is 15.4 Å². The van der Waals surface area contributed by atoms with Gasteiger partial charge in [-0.15, -0.1) is 0 Å². The molecular weight excluding hydrogens is 400 g/mol. The number of hydrogen-bond donors (Lipinski definition) is 2. The largest absolute Gasteiger partial charge is 0.427 e. The second kappa shape index (κ2) is 9.46. The maximum Gasteiger partial charge on any atom is 0.308 e. The van der Waals surface area contributed by atoms with E-state index in [1.807, 2.05) is 55.5 Å². The van der Waals surface area contributed by atoms with E-state index >= 15 is 0 Å². The van der Waals surface area contributed by atoms with Crippen molar-refractivity contribution in [3.63, 3.8) is 0 Å². The van der Waals surface area contributed by atoms with Crippen molar-refractivity contribution in [1.29, 1.82) is 0 Å². The van der Waals surface area contributed by atoms with Gasteiger partial charge in [-0.2, -0.15) is 0 Å². The Morgan fingerprint density at radius 3 is 2.33 bits per heavy atom. The van der Waals surface area contributed by atoms with Gasteiger partial charge in [0.15, 0.2) is 0 Å². The summed E-state index contributed by atoms with van der Waals surface area (Å²) in [4.78, 5) is 23.0. The number of carbonyl (C=O) groups is 2. The van der Waals surface area contributed by atoms with Gasteiger partial charge in [0.25, 0.3) is 0 Å². The van der Waals surface area contributed by atoms with Crippen molar-refractivity contribution in [1.82, 2.24) is 0 Å². The number of amides is 1. The molecule has 3 aromatic carbocycles. The summed E-state index contributed by atoms with van der Waals surface area (Å²) in [5.74, 6) is -0.194.